The first-order valence-electron chi connectivity index (χ1n) is 6.92. The monoisotopic (exact) mass is 259 g/mol. The lowest BCUT2D eigenvalue weighted by molar-refractivity contribution is -0.117. The number of nitrogens with one attached hydrogen (secondary N) is 1. The van der Waals surface area contributed by atoms with E-state index in [1.807, 2.05) is 24.3 Å². The number of amides is 1. The van der Waals surface area contributed by atoms with Crippen LogP contribution in [-0.4, -0.2) is 17.6 Å². The molecule has 0 heterocycles. The Bertz CT molecular complexity index is 456. The van der Waals surface area contributed by atoms with E-state index in [-0.39, 0.29) is 18.6 Å². The minimum absolute atomic E-state index is 0.0830. The van der Waals surface area contributed by atoms with Crippen molar-refractivity contribution in [2.24, 2.45) is 0 Å². The third kappa shape index (κ3) is 3.67. The SMILES string of the molecule is CCc1ccc(C(CO)NC(=O)C=C2CCC2)cc1. The molecule has 0 saturated heterocycles. The maximum absolute atomic E-state index is 11.8. The highest BCUT2D eigenvalue weighted by molar-refractivity contribution is 5.88. The van der Waals surface area contributed by atoms with Gasteiger partial charge >= 0.3 is 0 Å². The van der Waals surface area contributed by atoms with Gasteiger partial charge in [0, 0.05) is 6.08 Å². The highest BCUT2D eigenvalue weighted by atomic mass is 16.3. The second-order valence-corrected chi connectivity index (χ2v) is 5.00. The fraction of sp³-hybridized carbons (Fsp3) is 0.438. The number of allylic oxidation sites excluding steroid dienone is 1. The van der Waals surface area contributed by atoms with Crippen molar-refractivity contribution in [3.8, 4) is 0 Å². The Kier molecular flexibility index (Phi) is 4.74. The van der Waals surface area contributed by atoms with Crippen molar-refractivity contribution in [2.45, 2.75) is 38.6 Å². The van der Waals surface area contributed by atoms with Gasteiger partial charge in [0.1, 0.15) is 0 Å². The van der Waals surface area contributed by atoms with Crippen molar-refractivity contribution in [1.82, 2.24) is 5.32 Å². The molecule has 1 atom stereocenters. The van der Waals surface area contributed by atoms with E-state index in [4.69, 9.17) is 0 Å². The molecule has 2 N–H and O–H groups in total. The molecule has 0 radical (unpaired) electrons. The minimum atomic E-state index is -0.324. The maximum Gasteiger partial charge on any atom is 0.244 e. The van der Waals surface area contributed by atoms with Crippen molar-refractivity contribution in [1.29, 1.82) is 0 Å². The predicted molar refractivity (Wildman–Crippen MR) is 75.7 cm³/mol. The Morgan fingerprint density at radius 1 is 1.37 bits per heavy atom. The van der Waals surface area contributed by atoms with Crippen molar-refractivity contribution in [3.05, 3.63) is 47.0 Å². The zero-order valence-electron chi connectivity index (χ0n) is 11.4. The summed E-state index contributed by atoms with van der Waals surface area (Å²) in [4.78, 5) is 11.8. The predicted octanol–water partition coefficient (Wildman–Crippen LogP) is 2.51. The van der Waals surface area contributed by atoms with Crippen LogP contribution in [0.15, 0.2) is 35.9 Å². The van der Waals surface area contributed by atoms with Gasteiger partial charge in [-0.15, -0.1) is 0 Å². The summed E-state index contributed by atoms with van der Waals surface area (Å²) in [7, 11) is 0. The lowest BCUT2D eigenvalue weighted by atomic mass is 9.92. The highest BCUT2D eigenvalue weighted by Crippen LogP contribution is 2.24. The summed E-state index contributed by atoms with van der Waals surface area (Å²) in [5, 5.41) is 12.3. The molecule has 3 heteroatoms. The summed E-state index contributed by atoms with van der Waals surface area (Å²) in [6.45, 7) is 2.02. The first kappa shape index (κ1) is 13.8. The van der Waals surface area contributed by atoms with Gasteiger partial charge in [0.15, 0.2) is 0 Å². The quantitative estimate of drug-likeness (QED) is 0.798. The van der Waals surface area contributed by atoms with Crippen molar-refractivity contribution >= 4 is 5.91 Å². The molecule has 1 fully saturated rings. The zero-order valence-corrected chi connectivity index (χ0v) is 11.4. The normalized spacial score (nSPS) is 15.6. The standard InChI is InChI=1S/C16H21NO2/c1-2-12-6-8-14(9-7-12)15(11-18)17-16(19)10-13-4-3-5-13/h6-10,15,18H,2-5,11H2,1H3,(H,17,19). The van der Waals surface area contributed by atoms with Crippen molar-refractivity contribution in [2.75, 3.05) is 6.61 Å². The Labute approximate surface area is 114 Å². The van der Waals surface area contributed by atoms with Crippen molar-refractivity contribution < 1.29 is 9.90 Å². The van der Waals surface area contributed by atoms with E-state index in [0.29, 0.717) is 0 Å². The first-order valence-corrected chi connectivity index (χ1v) is 6.92. The van der Waals surface area contributed by atoms with Gasteiger partial charge in [0.25, 0.3) is 0 Å². The summed E-state index contributed by atoms with van der Waals surface area (Å²) < 4.78 is 0. The Morgan fingerprint density at radius 3 is 2.53 bits per heavy atom. The second-order valence-electron chi connectivity index (χ2n) is 5.00. The maximum atomic E-state index is 11.8. The molecule has 1 aliphatic rings. The molecule has 1 aromatic rings. The smallest absolute Gasteiger partial charge is 0.244 e. The van der Waals surface area contributed by atoms with Gasteiger partial charge in [0.05, 0.1) is 12.6 Å². The minimum Gasteiger partial charge on any atom is -0.394 e. The van der Waals surface area contributed by atoms with Crippen LogP contribution in [0, 0.1) is 0 Å². The first-order chi connectivity index (χ1) is 9.22. The summed E-state index contributed by atoms with van der Waals surface area (Å²) in [6.07, 6.45) is 5.90. The van der Waals surface area contributed by atoms with Crippen LogP contribution >= 0.6 is 0 Å². The van der Waals surface area contributed by atoms with Crippen LogP contribution in [0.5, 0.6) is 0 Å². The molecule has 3 nitrogen and oxygen atoms in total. The van der Waals surface area contributed by atoms with Gasteiger partial charge in [-0.3, -0.25) is 4.79 Å². The number of carbonyl (C=O) groups excluding carboxylic acids is 1. The molecule has 0 aliphatic heterocycles. The molecule has 1 unspecified atom stereocenters. The Balaban J connectivity index is 2.00. The number of hydrogen-bond donors (Lipinski definition) is 2. The molecule has 1 aliphatic carbocycles. The van der Waals surface area contributed by atoms with E-state index in [1.165, 1.54) is 17.6 Å². The molecular weight excluding hydrogens is 238 g/mol. The lowest BCUT2D eigenvalue weighted by Crippen LogP contribution is -2.29. The van der Waals surface area contributed by atoms with Crippen LogP contribution < -0.4 is 5.32 Å². The molecule has 1 saturated carbocycles. The lowest BCUT2D eigenvalue weighted by Gasteiger charge is -2.19. The van der Waals surface area contributed by atoms with Gasteiger partial charge in [-0.25, -0.2) is 0 Å². The summed E-state index contributed by atoms with van der Waals surface area (Å²) in [5.41, 5.74) is 3.40. The second kappa shape index (κ2) is 6.53. The number of rotatable bonds is 5. The molecule has 0 bridgehead atoms. The molecule has 102 valence electrons. The van der Waals surface area contributed by atoms with Gasteiger partial charge in [0.2, 0.25) is 5.91 Å². The number of hydrogen-bond acceptors (Lipinski definition) is 2. The third-order valence-electron chi connectivity index (χ3n) is 3.62. The number of benzene rings is 1. The highest BCUT2D eigenvalue weighted by Gasteiger charge is 2.14. The van der Waals surface area contributed by atoms with Crippen molar-refractivity contribution in [3.63, 3.8) is 0 Å². The molecular formula is C16H21NO2. The third-order valence-corrected chi connectivity index (χ3v) is 3.62. The van der Waals surface area contributed by atoms with Gasteiger partial charge < -0.3 is 10.4 Å². The average molecular weight is 259 g/mol. The number of aryl methyl sites for hydroxylation is 1. The van der Waals surface area contributed by atoms with Gasteiger partial charge in [-0.1, -0.05) is 36.8 Å². The topological polar surface area (TPSA) is 49.3 Å². The fourth-order valence-electron chi connectivity index (χ4n) is 2.14. The molecule has 19 heavy (non-hydrogen) atoms. The van der Waals surface area contributed by atoms with Crippen LogP contribution in [0.25, 0.3) is 0 Å². The summed E-state index contributed by atoms with van der Waals surface area (Å²) >= 11 is 0. The summed E-state index contributed by atoms with van der Waals surface area (Å²) in [5.74, 6) is -0.103. The average Bonchev–Trinajstić information content (AvgIpc) is 2.40. The molecule has 1 aromatic carbocycles. The molecule has 1 amide bonds. The Hall–Kier alpha value is -1.61. The van der Waals surface area contributed by atoms with E-state index < -0.39 is 0 Å². The zero-order chi connectivity index (χ0) is 13.7. The van der Waals surface area contributed by atoms with E-state index in [0.717, 1.165) is 24.8 Å². The van der Waals surface area contributed by atoms with Crippen LogP contribution in [0.2, 0.25) is 0 Å². The van der Waals surface area contributed by atoms with Crippen LogP contribution in [0.1, 0.15) is 43.4 Å². The molecule has 0 aromatic heterocycles. The Morgan fingerprint density at radius 2 is 2.05 bits per heavy atom. The van der Waals surface area contributed by atoms with E-state index >= 15 is 0 Å². The molecule has 0 spiro atoms. The number of aliphatic hydroxyl groups excluding tert-OH is 1. The van der Waals surface area contributed by atoms with Gasteiger partial charge in [-0.2, -0.15) is 0 Å². The van der Waals surface area contributed by atoms with E-state index in [9.17, 15) is 9.90 Å². The van der Waals surface area contributed by atoms with Crippen LogP contribution in [-0.2, 0) is 11.2 Å². The molecule has 2 rings (SSSR count). The number of carbonyl (C=O) groups is 1. The van der Waals surface area contributed by atoms with Crippen LogP contribution in [0.4, 0.5) is 0 Å². The fourth-order valence-corrected chi connectivity index (χ4v) is 2.14. The van der Waals surface area contributed by atoms with E-state index in [2.05, 4.69) is 12.2 Å². The summed E-state index contributed by atoms with van der Waals surface area (Å²) in [6, 6.07) is 7.69. The largest absolute Gasteiger partial charge is 0.394 e. The van der Waals surface area contributed by atoms with Gasteiger partial charge in [-0.05, 0) is 36.8 Å². The number of aliphatic hydroxyl groups is 1. The van der Waals surface area contributed by atoms with E-state index in [1.54, 1.807) is 6.08 Å². The van der Waals surface area contributed by atoms with Crippen LogP contribution in [0.3, 0.4) is 0 Å².